The Bertz CT molecular complexity index is 740. The third kappa shape index (κ3) is 3.57. The zero-order valence-corrected chi connectivity index (χ0v) is 16.2. The fourth-order valence-electron chi connectivity index (χ4n) is 4.49. The summed E-state index contributed by atoms with van der Waals surface area (Å²) in [5.41, 5.74) is -0.601. The second-order valence-corrected chi connectivity index (χ2v) is 9.09. The third-order valence-electron chi connectivity index (χ3n) is 5.65. The lowest BCUT2D eigenvalue weighted by molar-refractivity contribution is -0.132. The molecule has 144 valence electrons. The standard InChI is InChI=1S/C18H27N3O4S/c1-3-18(12-14-7-8-16(18)21(14)26(2,23)24)17(22)20-10-5-11-25-15-6-4-9-19-13-15/h4,6,9,13-14,16H,3,5,7-8,10-12H2,1-2H3,(H,20,22)/t14-,16+,18+/m1/s1. The van der Waals surface area contributed by atoms with E-state index in [0.29, 0.717) is 38.2 Å². The summed E-state index contributed by atoms with van der Waals surface area (Å²) in [6.45, 7) is 2.98. The number of hydrogen-bond acceptors (Lipinski definition) is 5. The second-order valence-electron chi connectivity index (χ2n) is 7.20. The van der Waals surface area contributed by atoms with Gasteiger partial charge in [-0.1, -0.05) is 6.92 Å². The molecule has 2 bridgehead atoms. The predicted octanol–water partition coefficient (Wildman–Crippen LogP) is 1.56. The van der Waals surface area contributed by atoms with Gasteiger partial charge >= 0.3 is 0 Å². The summed E-state index contributed by atoms with van der Waals surface area (Å²) in [5.74, 6) is 0.683. The van der Waals surface area contributed by atoms with E-state index in [1.165, 1.54) is 6.26 Å². The Hall–Kier alpha value is -1.67. The van der Waals surface area contributed by atoms with Crippen LogP contribution in [0.25, 0.3) is 0 Å². The van der Waals surface area contributed by atoms with Crippen molar-refractivity contribution in [3.8, 4) is 5.75 Å². The molecule has 0 spiro atoms. The van der Waals surface area contributed by atoms with Gasteiger partial charge in [-0.2, -0.15) is 4.31 Å². The number of nitrogens with zero attached hydrogens (tertiary/aromatic N) is 2. The molecule has 1 N–H and O–H groups in total. The average Bonchev–Trinajstić information content (AvgIpc) is 3.19. The first-order valence-corrected chi connectivity index (χ1v) is 11.0. The van der Waals surface area contributed by atoms with Crippen LogP contribution in [0.1, 0.15) is 39.0 Å². The van der Waals surface area contributed by atoms with Crippen molar-refractivity contribution in [3.05, 3.63) is 24.5 Å². The highest BCUT2D eigenvalue weighted by atomic mass is 32.2. The van der Waals surface area contributed by atoms with E-state index in [-0.39, 0.29) is 18.0 Å². The normalized spacial score (nSPS) is 28.2. The lowest BCUT2D eigenvalue weighted by Crippen LogP contribution is -2.49. The Morgan fingerprint density at radius 2 is 2.27 bits per heavy atom. The number of hydrogen-bond donors (Lipinski definition) is 1. The summed E-state index contributed by atoms with van der Waals surface area (Å²) in [5, 5.41) is 3.00. The molecule has 8 heteroatoms. The van der Waals surface area contributed by atoms with Crippen LogP contribution in [0.4, 0.5) is 0 Å². The number of amides is 1. The summed E-state index contributed by atoms with van der Waals surface area (Å²) in [7, 11) is -3.29. The molecule has 2 fully saturated rings. The molecule has 1 amide bonds. The van der Waals surface area contributed by atoms with E-state index in [4.69, 9.17) is 4.74 Å². The number of ether oxygens (including phenoxy) is 1. The van der Waals surface area contributed by atoms with Crippen LogP contribution in [0, 0.1) is 5.41 Å². The molecular formula is C18H27N3O4S. The van der Waals surface area contributed by atoms with Crippen LogP contribution >= 0.6 is 0 Å². The molecule has 2 aliphatic heterocycles. The summed E-state index contributed by atoms with van der Waals surface area (Å²) < 4.78 is 31.4. The van der Waals surface area contributed by atoms with Gasteiger partial charge < -0.3 is 10.1 Å². The van der Waals surface area contributed by atoms with Gasteiger partial charge in [0, 0.05) is 24.8 Å². The van der Waals surface area contributed by atoms with E-state index in [1.54, 1.807) is 16.7 Å². The first-order valence-electron chi connectivity index (χ1n) is 9.18. The van der Waals surface area contributed by atoms with Gasteiger partial charge in [0.05, 0.1) is 24.5 Å². The minimum Gasteiger partial charge on any atom is -0.492 e. The van der Waals surface area contributed by atoms with Gasteiger partial charge in [-0.05, 0) is 44.2 Å². The second kappa shape index (κ2) is 7.52. The zero-order chi connectivity index (χ0) is 18.8. The highest BCUT2D eigenvalue weighted by Gasteiger charge is 2.61. The lowest BCUT2D eigenvalue weighted by atomic mass is 9.71. The fourth-order valence-corrected chi connectivity index (χ4v) is 5.98. The Labute approximate surface area is 155 Å². The first kappa shape index (κ1) is 19.1. The van der Waals surface area contributed by atoms with Crippen molar-refractivity contribution in [3.63, 3.8) is 0 Å². The average molecular weight is 381 g/mol. The molecule has 3 rings (SSSR count). The van der Waals surface area contributed by atoms with Crippen LogP contribution in [0.5, 0.6) is 5.75 Å². The third-order valence-corrected chi connectivity index (χ3v) is 6.97. The molecule has 1 aromatic heterocycles. The molecule has 0 aliphatic carbocycles. The number of rotatable bonds is 8. The number of aromatic nitrogens is 1. The smallest absolute Gasteiger partial charge is 0.227 e. The predicted molar refractivity (Wildman–Crippen MR) is 98.2 cm³/mol. The molecule has 2 aliphatic rings. The van der Waals surface area contributed by atoms with Crippen molar-refractivity contribution in [1.29, 1.82) is 0 Å². The van der Waals surface area contributed by atoms with Gasteiger partial charge in [0.25, 0.3) is 0 Å². The van der Waals surface area contributed by atoms with E-state index in [2.05, 4.69) is 10.3 Å². The van der Waals surface area contributed by atoms with Crippen molar-refractivity contribution < 1.29 is 17.9 Å². The molecule has 3 atom stereocenters. The van der Waals surface area contributed by atoms with Crippen LogP contribution in [-0.4, -0.2) is 55.1 Å². The topological polar surface area (TPSA) is 88.6 Å². The lowest BCUT2D eigenvalue weighted by Gasteiger charge is -2.35. The highest BCUT2D eigenvalue weighted by Crippen LogP contribution is 2.52. The van der Waals surface area contributed by atoms with Crippen molar-refractivity contribution in [1.82, 2.24) is 14.6 Å². The Morgan fingerprint density at radius 3 is 2.88 bits per heavy atom. The molecule has 2 saturated heterocycles. The molecule has 0 unspecified atom stereocenters. The fraction of sp³-hybridized carbons (Fsp3) is 0.667. The Kier molecular flexibility index (Phi) is 5.53. The van der Waals surface area contributed by atoms with E-state index in [0.717, 1.165) is 12.8 Å². The van der Waals surface area contributed by atoms with Crippen molar-refractivity contribution >= 4 is 15.9 Å². The van der Waals surface area contributed by atoms with Gasteiger partial charge in [0.15, 0.2) is 0 Å². The SMILES string of the molecule is CC[C@]1(C(=O)NCCCOc2cccnc2)C[C@H]2CC[C@@H]1N2S(C)(=O)=O. The zero-order valence-electron chi connectivity index (χ0n) is 15.3. The largest absolute Gasteiger partial charge is 0.492 e. The highest BCUT2D eigenvalue weighted by molar-refractivity contribution is 7.88. The Morgan fingerprint density at radius 1 is 1.46 bits per heavy atom. The van der Waals surface area contributed by atoms with Gasteiger partial charge in [-0.3, -0.25) is 9.78 Å². The van der Waals surface area contributed by atoms with Gasteiger partial charge in [0.2, 0.25) is 15.9 Å². The molecule has 0 radical (unpaired) electrons. The maximum absolute atomic E-state index is 12.9. The maximum Gasteiger partial charge on any atom is 0.227 e. The maximum atomic E-state index is 12.9. The van der Waals surface area contributed by atoms with Gasteiger partial charge in [-0.15, -0.1) is 0 Å². The minimum absolute atomic E-state index is 0.0257. The number of sulfonamides is 1. The number of nitrogens with one attached hydrogen (secondary N) is 1. The van der Waals surface area contributed by atoms with Crippen LogP contribution in [0.2, 0.25) is 0 Å². The molecule has 0 saturated carbocycles. The summed E-state index contributed by atoms with van der Waals surface area (Å²) in [4.78, 5) is 16.9. The number of pyridine rings is 1. The van der Waals surface area contributed by atoms with Gasteiger partial charge in [0.1, 0.15) is 5.75 Å². The van der Waals surface area contributed by atoms with E-state index in [1.807, 2.05) is 19.1 Å². The number of carbonyl (C=O) groups is 1. The molecule has 3 heterocycles. The van der Waals surface area contributed by atoms with Crippen molar-refractivity contribution in [2.45, 2.75) is 51.1 Å². The van der Waals surface area contributed by atoms with Crippen molar-refractivity contribution in [2.24, 2.45) is 5.41 Å². The minimum atomic E-state index is -3.29. The van der Waals surface area contributed by atoms with E-state index >= 15 is 0 Å². The van der Waals surface area contributed by atoms with Crippen LogP contribution in [0.3, 0.4) is 0 Å². The summed E-state index contributed by atoms with van der Waals surface area (Å²) >= 11 is 0. The number of fused-ring (bicyclic) bond motifs is 2. The molecule has 1 aromatic rings. The summed E-state index contributed by atoms with van der Waals surface area (Å²) in [6, 6.07) is 3.41. The summed E-state index contributed by atoms with van der Waals surface area (Å²) in [6.07, 6.45) is 8.17. The molecule has 0 aromatic carbocycles. The van der Waals surface area contributed by atoms with Crippen LogP contribution in [0.15, 0.2) is 24.5 Å². The molecule has 7 nitrogen and oxygen atoms in total. The monoisotopic (exact) mass is 381 g/mol. The quantitative estimate of drug-likeness (QED) is 0.691. The van der Waals surface area contributed by atoms with Gasteiger partial charge in [-0.25, -0.2) is 8.42 Å². The van der Waals surface area contributed by atoms with E-state index < -0.39 is 15.4 Å². The van der Waals surface area contributed by atoms with Crippen molar-refractivity contribution in [2.75, 3.05) is 19.4 Å². The van der Waals surface area contributed by atoms with E-state index in [9.17, 15) is 13.2 Å². The van der Waals surface area contributed by atoms with Crippen LogP contribution < -0.4 is 10.1 Å². The molecular weight excluding hydrogens is 354 g/mol. The van der Waals surface area contributed by atoms with Crippen LogP contribution in [-0.2, 0) is 14.8 Å². The molecule has 26 heavy (non-hydrogen) atoms. The Balaban J connectivity index is 1.53. The first-order chi connectivity index (χ1) is 12.4. The number of carbonyl (C=O) groups excluding carboxylic acids is 1.